The molecule has 0 unspecified atom stereocenters. The summed E-state index contributed by atoms with van der Waals surface area (Å²) in [7, 11) is 1.58. The van der Waals surface area contributed by atoms with Gasteiger partial charge >= 0.3 is 0 Å². The van der Waals surface area contributed by atoms with Gasteiger partial charge in [-0.2, -0.15) is 0 Å². The fourth-order valence-electron chi connectivity index (χ4n) is 3.46. The van der Waals surface area contributed by atoms with Gasteiger partial charge in [-0.1, -0.05) is 42.5 Å². The summed E-state index contributed by atoms with van der Waals surface area (Å²) in [6.45, 7) is 3.96. The molecule has 1 N–H and O–H groups in total. The van der Waals surface area contributed by atoms with Crippen LogP contribution in [0.5, 0.6) is 5.75 Å². The van der Waals surface area contributed by atoms with E-state index in [1.165, 1.54) is 4.90 Å². The second-order valence-corrected chi connectivity index (χ2v) is 7.19. The van der Waals surface area contributed by atoms with Crippen LogP contribution < -0.4 is 15.0 Å². The summed E-state index contributed by atoms with van der Waals surface area (Å²) in [5, 5.41) is 3.16. The maximum atomic E-state index is 13.4. The summed E-state index contributed by atoms with van der Waals surface area (Å²) < 4.78 is 5.28. The highest BCUT2D eigenvalue weighted by atomic mass is 16.5. The number of hydrogen-bond donors (Lipinski definition) is 1. The molecular formula is C25H22N2O3. The van der Waals surface area contributed by atoms with Gasteiger partial charge in [-0.25, -0.2) is 4.90 Å². The van der Waals surface area contributed by atoms with Crippen molar-refractivity contribution in [3.8, 4) is 5.75 Å². The van der Waals surface area contributed by atoms with Crippen LogP contribution in [0.3, 0.4) is 0 Å². The van der Waals surface area contributed by atoms with Gasteiger partial charge in [0.05, 0.1) is 18.4 Å². The molecule has 0 bridgehead atoms. The maximum absolute atomic E-state index is 13.4. The summed E-state index contributed by atoms with van der Waals surface area (Å²) in [4.78, 5) is 28.1. The zero-order valence-corrected chi connectivity index (χ0v) is 17.1. The van der Waals surface area contributed by atoms with E-state index in [4.69, 9.17) is 4.74 Å². The number of ether oxygens (including phenoxy) is 1. The van der Waals surface area contributed by atoms with Crippen molar-refractivity contribution < 1.29 is 14.3 Å². The highest BCUT2D eigenvalue weighted by Crippen LogP contribution is 2.34. The minimum absolute atomic E-state index is 0.248. The number of methoxy groups -OCH3 is 1. The van der Waals surface area contributed by atoms with E-state index in [9.17, 15) is 9.59 Å². The van der Waals surface area contributed by atoms with Gasteiger partial charge in [0.1, 0.15) is 11.4 Å². The molecule has 0 atom stereocenters. The van der Waals surface area contributed by atoms with E-state index in [1.54, 1.807) is 19.2 Å². The first-order valence-corrected chi connectivity index (χ1v) is 9.66. The van der Waals surface area contributed by atoms with Crippen LogP contribution in [0, 0.1) is 13.8 Å². The molecule has 0 fully saturated rings. The molecule has 3 aromatic carbocycles. The second-order valence-electron chi connectivity index (χ2n) is 7.19. The van der Waals surface area contributed by atoms with Gasteiger partial charge in [-0.15, -0.1) is 0 Å². The van der Waals surface area contributed by atoms with Gasteiger partial charge < -0.3 is 10.1 Å². The predicted molar refractivity (Wildman–Crippen MR) is 118 cm³/mol. The second kappa shape index (κ2) is 7.87. The van der Waals surface area contributed by atoms with Crippen molar-refractivity contribution in [1.82, 2.24) is 0 Å². The molecule has 0 radical (unpaired) electrons. The van der Waals surface area contributed by atoms with Crippen molar-refractivity contribution in [2.45, 2.75) is 13.8 Å². The molecule has 0 aromatic heterocycles. The first-order valence-electron chi connectivity index (χ1n) is 9.66. The van der Waals surface area contributed by atoms with Crippen molar-refractivity contribution in [1.29, 1.82) is 0 Å². The van der Waals surface area contributed by atoms with E-state index < -0.39 is 0 Å². The molecule has 0 saturated heterocycles. The van der Waals surface area contributed by atoms with Crippen LogP contribution in [0.2, 0.25) is 0 Å². The SMILES string of the molecule is COc1cccc(NC2=C(c3ccccc3)C(=O)N(c3ccc(C)c(C)c3)C2=O)c1. The molecule has 0 aliphatic carbocycles. The lowest BCUT2D eigenvalue weighted by molar-refractivity contribution is -0.120. The van der Waals surface area contributed by atoms with Crippen LogP contribution in [0.4, 0.5) is 11.4 Å². The molecule has 4 rings (SSSR count). The molecular weight excluding hydrogens is 376 g/mol. The number of anilines is 2. The molecule has 30 heavy (non-hydrogen) atoms. The molecule has 5 heteroatoms. The first kappa shape index (κ1) is 19.5. The third kappa shape index (κ3) is 3.46. The topological polar surface area (TPSA) is 58.6 Å². The number of carbonyl (C=O) groups excluding carboxylic acids is 2. The Balaban J connectivity index is 1.81. The standard InChI is InChI=1S/C25H22N2O3/c1-16-12-13-20(14-17(16)2)27-24(28)22(18-8-5-4-6-9-18)23(25(27)29)26-19-10-7-11-21(15-19)30-3/h4-15,26H,1-3H3. The van der Waals surface area contributed by atoms with Gasteiger partial charge in [0.2, 0.25) is 0 Å². The van der Waals surface area contributed by atoms with Crippen LogP contribution in [0.15, 0.2) is 78.5 Å². The molecule has 150 valence electrons. The van der Waals surface area contributed by atoms with E-state index >= 15 is 0 Å². The number of hydrogen-bond acceptors (Lipinski definition) is 4. The Morgan fingerprint density at radius 2 is 1.57 bits per heavy atom. The van der Waals surface area contributed by atoms with Crippen LogP contribution >= 0.6 is 0 Å². The minimum Gasteiger partial charge on any atom is -0.497 e. The number of nitrogens with zero attached hydrogens (tertiary/aromatic N) is 1. The summed E-state index contributed by atoms with van der Waals surface area (Å²) in [5.74, 6) is -0.0746. The lowest BCUT2D eigenvalue weighted by atomic mass is 10.0. The predicted octanol–water partition coefficient (Wildman–Crippen LogP) is 4.71. The number of benzene rings is 3. The fourth-order valence-corrected chi connectivity index (χ4v) is 3.46. The molecule has 1 aliphatic rings. The largest absolute Gasteiger partial charge is 0.497 e. The lowest BCUT2D eigenvalue weighted by Crippen LogP contribution is -2.32. The van der Waals surface area contributed by atoms with Crippen LogP contribution in [-0.2, 0) is 9.59 Å². The lowest BCUT2D eigenvalue weighted by Gasteiger charge is -2.17. The molecule has 0 saturated carbocycles. The van der Waals surface area contributed by atoms with Gasteiger partial charge in [0.15, 0.2) is 0 Å². The Morgan fingerprint density at radius 1 is 0.800 bits per heavy atom. The summed E-state index contributed by atoms with van der Waals surface area (Å²) in [5.41, 5.74) is 4.63. The van der Waals surface area contributed by atoms with Gasteiger partial charge in [-0.05, 0) is 54.8 Å². The van der Waals surface area contributed by atoms with Crippen molar-refractivity contribution >= 4 is 28.8 Å². The summed E-state index contributed by atoms with van der Waals surface area (Å²) in [6.07, 6.45) is 0. The molecule has 1 aliphatic heterocycles. The average Bonchev–Trinajstić information content (AvgIpc) is 3.00. The average molecular weight is 398 g/mol. The quantitative estimate of drug-likeness (QED) is 0.633. The van der Waals surface area contributed by atoms with Crippen LogP contribution in [0.25, 0.3) is 5.57 Å². The van der Waals surface area contributed by atoms with Crippen molar-refractivity contribution in [3.63, 3.8) is 0 Å². The number of imide groups is 1. The number of amides is 2. The van der Waals surface area contributed by atoms with Crippen LogP contribution in [-0.4, -0.2) is 18.9 Å². The van der Waals surface area contributed by atoms with Gasteiger partial charge in [0.25, 0.3) is 11.8 Å². The Bertz CT molecular complexity index is 1170. The summed E-state index contributed by atoms with van der Waals surface area (Å²) in [6, 6.07) is 22.1. The smallest absolute Gasteiger partial charge is 0.282 e. The van der Waals surface area contributed by atoms with Crippen molar-refractivity contribution in [3.05, 3.63) is 95.2 Å². The van der Waals surface area contributed by atoms with Crippen LogP contribution in [0.1, 0.15) is 16.7 Å². The third-order valence-electron chi connectivity index (χ3n) is 5.23. The molecule has 5 nitrogen and oxygen atoms in total. The zero-order valence-electron chi connectivity index (χ0n) is 17.1. The molecule has 2 amide bonds. The van der Waals surface area contributed by atoms with Crippen molar-refractivity contribution in [2.75, 3.05) is 17.3 Å². The Kier molecular flexibility index (Phi) is 5.11. The highest BCUT2D eigenvalue weighted by molar-refractivity contribution is 6.46. The van der Waals surface area contributed by atoms with E-state index in [0.29, 0.717) is 28.3 Å². The van der Waals surface area contributed by atoms with E-state index in [0.717, 1.165) is 11.1 Å². The summed E-state index contributed by atoms with van der Waals surface area (Å²) >= 11 is 0. The zero-order chi connectivity index (χ0) is 21.3. The fraction of sp³-hybridized carbons (Fsp3) is 0.120. The Morgan fingerprint density at radius 3 is 2.27 bits per heavy atom. The first-order chi connectivity index (χ1) is 14.5. The third-order valence-corrected chi connectivity index (χ3v) is 5.23. The monoisotopic (exact) mass is 398 g/mol. The minimum atomic E-state index is -0.384. The highest BCUT2D eigenvalue weighted by Gasteiger charge is 2.40. The van der Waals surface area contributed by atoms with E-state index in [2.05, 4.69) is 5.32 Å². The number of nitrogens with one attached hydrogen (secondary N) is 1. The van der Waals surface area contributed by atoms with E-state index in [-0.39, 0.29) is 17.5 Å². The number of rotatable bonds is 5. The molecule has 0 spiro atoms. The number of carbonyl (C=O) groups is 2. The van der Waals surface area contributed by atoms with E-state index in [1.807, 2.05) is 74.5 Å². The molecule has 1 heterocycles. The Hall–Kier alpha value is -3.86. The normalized spacial score (nSPS) is 13.8. The molecule has 3 aromatic rings. The Labute approximate surface area is 175 Å². The number of aryl methyl sites for hydroxylation is 2. The van der Waals surface area contributed by atoms with Crippen molar-refractivity contribution in [2.24, 2.45) is 0 Å². The van der Waals surface area contributed by atoms with Gasteiger partial charge in [0, 0.05) is 11.8 Å². The van der Waals surface area contributed by atoms with Gasteiger partial charge in [-0.3, -0.25) is 9.59 Å². The maximum Gasteiger partial charge on any atom is 0.282 e.